The Morgan fingerprint density at radius 3 is 2.58 bits per heavy atom. The Hall–Kier alpha value is -3.51. The lowest BCUT2D eigenvalue weighted by Gasteiger charge is -2.40. The van der Waals surface area contributed by atoms with Crippen LogP contribution in [0.4, 0.5) is 0 Å². The number of hydrogen-bond donors (Lipinski definition) is 1. The van der Waals surface area contributed by atoms with Crippen molar-refractivity contribution in [1.29, 1.82) is 0 Å². The van der Waals surface area contributed by atoms with Crippen LogP contribution in [0.15, 0.2) is 72.9 Å². The van der Waals surface area contributed by atoms with E-state index in [1.807, 2.05) is 24.3 Å². The van der Waals surface area contributed by atoms with Gasteiger partial charge in [-0.2, -0.15) is 0 Å². The van der Waals surface area contributed by atoms with Crippen LogP contribution < -0.4 is 5.73 Å². The number of carbonyl (C=O) groups is 2. The van der Waals surface area contributed by atoms with E-state index in [2.05, 4.69) is 36.2 Å². The number of nitrogens with zero attached hydrogens (tertiary/aromatic N) is 2. The van der Waals surface area contributed by atoms with Gasteiger partial charge in [0.2, 0.25) is 0 Å². The molecule has 4 rings (SSSR count). The summed E-state index contributed by atoms with van der Waals surface area (Å²) in [7, 11) is 0. The number of rotatable bonds is 5. The Morgan fingerprint density at radius 1 is 1.06 bits per heavy atom. The van der Waals surface area contributed by atoms with Crippen LogP contribution >= 0.6 is 0 Å². The molecule has 1 unspecified atom stereocenters. The number of aryl methyl sites for hydroxylation is 1. The molecule has 2 N–H and O–H groups in total. The first-order valence-electron chi connectivity index (χ1n) is 10.3. The zero-order valence-electron chi connectivity index (χ0n) is 17.5. The van der Waals surface area contributed by atoms with Crippen LogP contribution in [0.5, 0.6) is 0 Å². The number of primary amides is 1. The largest absolute Gasteiger partial charge is 0.367 e. The summed E-state index contributed by atoms with van der Waals surface area (Å²) in [5.41, 5.74) is 9.11. The summed E-state index contributed by atoms with van der Waals surface area (Å²) in [6.45, 7) is 2.76. The van der Waals surface area contributed by atoms with Crippen molar-refractivity contribution in [2.75, 3.05) is 19.7 Å². The summed E-state index contributed by atoms with van der Waals surface area (Å²) in [5.74, 6) is -0.810. The molecule has 0 aliphatic carbocycles. The number of aromatic nitrogens is 1. The van der Waals surface area contributed by atoms with Crippen molar-refractivity contribution in [3.63, 3.8) is 0 Å². The molecule has 1 saturated heterocycles. The third-order valence-electron chi connectivity index (χ3n) is 5.61. The van der Waals surface area contributed by atoms with Gasteiger partial charge in [-0.1, -0.05) is 60.2 Å². The maximum absolute atomic E-state index is 12.9. The van der Waals surface area contributed by atoms with Gasteiger partial charge in [-0.3, -0.25) is 14.6 Å². The van der Waals surface area contributed by atoms with Crippen LogP contribution in [-0.4, -0.2) is 47.0 Å². The van der Waals surface area contributed by atoms with E-state index in [4.69, 9.17) is 10.5 Å². The first kappa shape index (κ1) is 20.8. The number of pyridine rings is 1. The Bertz CT molecular complexity index is 1080. The third kappa shape index (κ3) is 4.49. The van der Waals surface area contributed by atoms with Crippen molar-refractivity contribution in [2.24, 2.45) is 5.73 Å². The van der Waals surface area contributed by atoms with E-state index in [9.17, 15) is 9.59 Å². The van der Waals surface area contributed by atoms with Crippen molar-refractivity contribution in [2.45, 2.75) is 18.9 Å². The Morgan fingerprint density at radius 2 is 1.87 bits per heavy atom. The van der Waals surface area contributed by atoms with Gasteiger partial charge < -0.3 is 15.4 Å². The lowest BCUT2D eigenvalue weighted by Crippen LogP contribution is -2.61. The van der Waals surface area contributed by atoms with Gasteiger partial charge in [0, 0.05) is 19.2 Å². The number of carbonyl (C=O) groups excluding carboxylic acids is 2. The van der Waals surface area contributed by atoms with E-state index in [1.54, 1.807) is 29.3 Å². The summed E-state index contributed by atoms with van der Waals surface area (Å²) in [6.07, 6.45) is 1.86. The van der Waals surface area contributed by atoms with Crippen molar-refractivity contribution in [3.8, 4) is 11.1 Å². The normalized spacial score (nSPS) is 18.5. The number of morpholine rings is 1. The molecule has 0 spiro atoms. The van der Waals surface area contributed by atoms with E-state index >= 15 is 0 Å². The second kappa shape index (κ2) is 8.70. The van der Waals surface area contributed by atoms with Crippen LogP contribution in [-0.2, 0) is 16.0 Å². The summed E-state index contributed by atoms with van der Waals surface area (Å²) < 4.78 is 5.92. The van der Waals surface area contributed by atoms with Crippen molar-refractivity contribution in [3.05, 3.63) is 89.7 Å². The summed E-state index contributed by atoms with van der Waals surface area (Å²) >= 11 is 0. The van der Waals surface area contributed by atoms with Crippen LogP contribution in [0, 0.1) is 6.92 Å². The fraction of sp³-hybridized carbons (Fsp3) is 0.240. The Kier molecular flexibility index (Phi) is 5.82. The molecular weight excluding hydrogens is 390 g/mol. The predicted octanol–water partition coefficient (Wildman–Crippen LogP) is 3.00. The Balaban J connectivity index is 1.59. The minimum Gasteiger partial charge on any atom is -0.367 e. The number of amides is 2. The number of ether oxygens (including phenoxy) is 1. The number of nitrogens with two attached hydrogens (primary N) is 1. The fourth-order valence-electron chi connectivity index (χ4n) is 3.89. The monoisotopic (exact) mass is 415 g/mol. The van der Waals surface area contributed by atoms with E-state index in [0.29, 0.717) is 12.2 Å². The molecule has 1 aliphatic heterocycles. The second-order valence-electron chi connectivity index (χ2n) is 7.89. The van der Waals surface area contributed by atoms with E-state index in [1.165, 1.54) is 5.56 Å². The van der Waals surface area contributed by atoms with Crippen molar-refractivity contribution < 1.29 is 14.3 Å². The van der Waals surface area contributed by atoms with E-state index < -0.39 is 11.5 Å². The van der Waals surface area contributed by atoms with Gasteiger partial charge in [-0.25, -0.2) is 0 Å². The maximum atomic E-state index is 12.9. The summed E-state index contributed by atoms with van der Waals surface area (Å²) in [5, 5.41) is 0. The Labute approximate surface area is 181 Å². The van der Waals surface area contributed by atoms with Gasteiger partial charge in [0.05, 0.1) is 13.2 Å². The topological polar surface area (TPSA) is 85.5 Å². The summed E-state index contributed by atoms with van der Waals surface area (Å²) in [6, 6.07) is 21.4. The minimum atomic E-state index is -1.28. The van der Waals surface area contributed by atoms with Crippen LogP contribution in [0.3, 0.4) is 0 Å². The molecule has 2 heterocycles. The molecule has 158 valence electrons. The lowest BCUT2D eigenvalue weighted by molar-refractivity contribution is -0.153. The number of hydrogen-bond acceptors (Lipinski definition) is 4. The standard InChI is InChI=1S/C25H25N3O3/c1-18-8-10-20(11-9-18)21-6-4-5-19(15-21)16-25(24(26)30)17-28(13-14-31-25)23(29)22-7-2-3-12-27-22/h2-12,15H,13-14,16-17H2,1H3,(H2,26,30). The fourth-order valence-corrected chi connectivity index (χ4v) is 3.89. The van der Waals surface area contributed by atoms with E-state index in [-0.39, 0.29) is 25.5 Å². The SMILES string of the molecule is Cc1ccc(-c2cccc(CC3(C(N)=O)CN(C(=O)c4ccccn4)CCO3)c2)cc1. The van der Waals surface area contributed by atoms with Crippen LogP contribution in [0.2, 0.25) is 0 Å². The average molecular weight is 415 g/mol. The van der Waals surface area contributed by atoms with E-state index in [0.717, 1.165) is 16.7 Å². The molecule has 6 heteroatoms. The van der Waals surface area contributed by atoms with Crippen molar-refractivity contribution in [1.82, 2.24) is 9.88 Å². The maximum Gasteiger partial charge on any atom is 0.272 e. The first-order chi connectivity index (χ1) is 15.0. The van der Waals surface area contributed by atoms with Gasteiger partial charge in [0.25, 0.3) is 11.8 Å². The van der Waals surface area contributed by atoms with Gasteiger partial charge in [0.15, 0.2) is 5.60 Å². The third-order valence-corrected chi connectivity index (χ3v) is 5.61. The first-order valence-corrected chi connectivity index (χ1v) is 10.3. The molecule has 6 nitrogen and oxygen atoms in total. The highest BCUT2D eigenvalue weighted by molar-refractivity contribution is 5.93. The summed E-state index contributed by atoms with van der Waals surface area (Å²) in [4.78, 5) is 31.1. The smallest absolute Gasteiger partial charge is 0.272 e. The predicted molar refractivity (Wildman–Crippen MR) is 118 cm³/mol. The van der Waals surface area contributed by atoms with Crippen LogP contribution in [0.1, 0.15) is 21.6 Å². The quantitative estimate of drug-likeness (QED) is 0.694. The molecule has 1 fully saturated rings. The number of benzene rings is 2. The lowest BCUT2D eigenvalue weighted by atomic mass is 9.90. The highest BCUT2D eigenvalue weighted by Gasteiger charge is 2.44. The zero-order valence-corrected chi connectivity index (χ0v) is 17.5. The van der Waals surface area contributed by atoms with Gasteiger partial charge in [-0.05, 0) is 35.7 Å². The van der Waals surface area contributed by atoms with Gasteiger partial charge >= 0.3 is 0 Å². The van der Waals surface area contributed by atoms with Gasteiger partial charge in [0.1, 0.15) is 5.69 Å². The molecule has 2 amide bonds. The average Bonchev–Trinajstić information content (AvgIpc) is 2.80. The molecule has 31 heavy (non-hydrogen) atoms. The highest BCUT2D eigenvalue weighted by atomic mass is 16.5. The molecule has 1 aromatic heterocycles. The molecule has 2 aromatic carbocycles. The van der Waals surface area contributed by atoms with Crippen LogP contribution in [0.25, 0.3) is 11.1 Å². The second-order valence-corrected chi connectivity index (χ2v) is 7.89. The molecule has 1 aliphatic rings. The molecule has 1 atom stereocenters. The highest BCUT2D eigenvalue weighted by Crippen LogP contribution is 2.27. The minimum absolute atomic E-state index is 0.0898. The van der Waals surface area contributed by atoms with Crippen molar-refractivity contribution >= 4 is 11.8 Å². The van der Waals surface area contributed by atoms with Gasteiger partial charge in [-0.15, -0.1) is 0 Å². The molecule has 0 saturated carbocycles. The molecule has 3 aromatic rings. The molecule has 0 bridgehead atoms. The molecule has 0 radical (unpaired) electrons. The molecular formula is C25H25N3O3. The zero-order chi connectivity index (χ0) is 21.8.